The molecule has 33 heavy (non-hydrogen) atoms. The van der Waals surface area contributed by atoms with Crippen LogP contribution in [0.5, 0.6) is 0 Å². The van der Waals surface area contributed by atoms with Gasteiger partial charge in [-0.25, -0.2) is 10.3 Å². The van der Waals surface area contributed by atoms with Gasteiger partial charge in [0.1, 0.15) is 6.04 Å². The van der Waals surface area contributed by atoms with Gasteiger partial charge in [-0.2, -0.15) is 13.2 Å². The number of hydrogen-bond donors (Lipinski definition) is 5. The number of nitrogens with one attached hydrogen (secondary N) is 4. The largest absolute Gasteiger partial charge is 0.416 e. The van der Waals surface area contributed by atoms with E-state index in [1.54, 1.807) is 24.3 Å². The molecule has 0 saturated heterocycles. The lowest BCUT2D eigenvalue weighted by Gasteiger charge is -2.17. The van der Waals surface area contributed by atoms with E-state index in [0.717, 1.165) is 18.2 Å². The number of amides is 4. The van der Waals surface area contributed by atoms with Crippen LogP contribution in [0.25, 0.3) is 0 Å². The van der Waals surface area contributed by atoms with Crippen LogP contribution in [0, 0.1) is 0 Å². The highest BCUT2D eigenvalue weighted by atomic mass is 19.4. The molecule has 2 rings (SSSR count). The van der Waals surface area contributed by atoms with Crippen LogP contribution in [0.15, 0.2) is 54.6 Å². The van der Waals surface area contributed by atoms with Crippen molar-refractivity contribution in [3.8, 4) is 0 Å². The molecule has 0 aromatic heterocycles. The summed E-state index contributed by atoms with van der Waals surface area (Å²) < 4.78 is 38.4. The quantitative estimate of drug-likeness (QED) is 0.204. The second kappa shape index (κ2) is 12.4. The summed E-state index contributed by atoms with van der Waals surface area (Å²) in [5.41, 5.74) is 1.12. The van der Waals surface area contributed by atoms with Gasteiger partial charge in [-0.3, -0.25) is 14.8 Å². The Labute approximate surface area is 188 Å². The Balaban J connectivity index is 1.78. The van der Waals surface area contributed by atoms with Gasteiger partial charge in [-0.1, -0.05) is 37.1 Å². The highest BCUT2D eigenvalue weighted by Gasteiger charge is 2.30. The molecule has 0 heterocycles. The monoisotopic (exact) mass is 466 g/mol. The van der Waals surface area contributed by atoms with Gasteiger partial charge in [0.25, 0.3) is 5.91 Å². The normalized spacial score (nSPS) is 11.9. The molecular formula is C22H25F3N4O4. The molecule has 11 heteroatoms. The molecule has 0 unspecified atom stereocenters. The minimum absolute atomic E-state index is 0.102. The second-order valence-electron chi connectivity index (χ2n) is 7.22. The average Bonchev–Trinajstić information content (AvgIpc) is 2.77. The van der Waals surface area contributed by atoms with Crippen molar-refractivity contribution in [1.29, 1.82) is 0 Å². The molecule has 0 saturated carbocycles. The van der Waals surface area contributed by atoms with Gasteiger partial charge < -0.3 is 16.0 Å². The summed E-state index contributed by atoms with van der Waals surface area (Å²) in [7, 11) is 0. The van der Waals surface area contributed by atoms with Gasteiger partial charge in [0.15, 0.2) is 0 Å². The molecule has 0 bridgehead atoms. The summed E-state index contributed by atoms with van der Waals surface area (Å²) in [4.78, 5) is 35.9. The number of halogens is 3. The lowest BCUT2D eigenvalue weighted by Crippen LogP contribution is -2.47. The molecule has 5 N–H and O–H groups in total. The first-order chi connectivity index (χ1) is 15.7. The molecule has 2 aromatic carbocycles. The summed E-state index contributed by atoms with van der Waals surface area (Å²) in [6.07, 6.45) is -2.55. The Morgan fingerprint density at radius 2 is 1.58 bits per heavy atom. The summed E-state index contributed by atoms with van der Waals surface area (Å²) in [6.45, 7) is 0. The third kappa shape index (κ3) is 9.19. The van der Waals surface area contributed by atoms with Crippen molar-refractivity contribution in [3.63, 3.8) is 0 Å². The third-order valence-corrected chi connectivity index (χ3v) is 4.63. The van der Waals surface area contributed by atoms with Gasteiger partial charge in [-0.05, 0) is 43.2 Å². The average molecular weight is 466 g/mol. The molecular weight excluding hydrogens is 441 g/mol. The molecule has 1 atom stereocenters. The van der Waals surface area contributed by atoms with Gasteiger partial charge in [0.2, 0.25) is 5.91 Å². The van der Waals surface area contributed by atoms with E-state index >= 15 is 0 Å². The van der Waals surface area contributed by atoms with Crippen LogP contribution < -0.4 is 21.4 Å². The fourth-order valence-corrected chi connectivity index (χ4v) is 3.00. The van der Waals surface area contributed by atoms with Crippen molar-refractivity contribution in [2.24, 2.45) is 0 Å². The van der Waals surface area contributed by atoms with Gasteiger partial charge in [0, 0.05) is 17.8 Å². The highest BCUT2D eigenvalue weighted by molar-refractivity contribution is 5.93. The molecule has 0 spiro atoms. The minimum Gasteiger partial charge on any atom is -0.326 e. The van der Waals surface area contributed by atoms with Gasteiger partial charge >= 0.3 is 12.2 Å². The van der Waals surface area contributed by atoms with Crippen molar-refractivity contribution in [2.45, 2.75) is 44.3 Å². The molecule has 0 fully saturated rings. The van der Waals surface area contributed by atoms with E-state index in [4.69, 9.17) is 5.21 Å². The summed E-state index contributed by atoms with van der Waals surface area (Å²) in [5.74, 6) is -1.01. The van der Waals surface area contributed by atoms with Crippen LogP contribution in [0.1, 0.15) is 37.7 Å². The SMILES string of the molecule is O=C(CCCCC[C@H](NC(=O)Nc1cccc(C(F)(F)F)c1)C(=O)NO)Nc1ccccc1. The van der Waals surface area contributed by atoms with Crippen LogP contribution in [-0.4, -0.2) is 29.1 Å². The first-order valence-corrected chi connectivity index (χ1v) is 10.2. The topological polar surface area (TPSA) is 120 Å². The van der Waals surface area contributed by atoms with E-state index < -0.39 is 29.7 Å². The predicted molar refractivity (Wildman–Crippen MR) is 115 cm³/mol. The van der Waals surface area contributed by atoms with E-state index in [9.17, 15) is 27.6 Å². The second-order valence-corrected chi connectivity index (χ2v) is 7.22. The lowest BCUT2D eigenvalue weighted by molar-refractivity contribution is -0.137. The smallest absolute Gasteiger partial charge is 0.326 e. The van der Waals surface area contributed by atoms with Crippen LogP contribution >= 0.6 is 0 Å². The number of anilines is 2. The first-order valence-electron chi connectivity index (χ1n) is 10.2. The van der Waals surface area contributed by atoms with E-state index in [-0.39, 0.29) is 24.4 Å². The first kappa shape index (κ1) is 25.7. The molecule has 4 amide bonds. The molecule has 0 aliphatic carbocycles. The van der Waals surface area contributed by atoms with Crippen LogP contribution in [-0.2, 0) is 15.8 Å². The number of carbonyl (C=O) groups is 3. The van der Waals surface area contributed by atoms with Crippen LogP contribution in [0.4, 0.5) is 29.3 Å². The maximum absolute atomic E-state index is 12.8. The number of urea groups is 1. The van der Waals surface area contributed by atoms with Crippen molar-refractivity contribution in [2.75, 3.05) is 10.6 Å². The fourth-order valence-electron chi connectivity index (χ4n) is 3.00. The van der Waals surface area contributed by atoms with Crippen molar-refractivity contribution >= 4 is 29.2 Å². The number of unbranched alkanes of at least 4 members (excludes halogenated alkanes) is 2. The Bertz CT molecular complexity index is 939. The molecule has 0 aliphatic rings. The van der Waals surface area contributed by atoms with E-state index in [2.05, 4.69) is 16.0 Å². The maximum Gasteiger partial charge on any atom is 0.416 e. The van der Waals surface area contributed by atoms with Crippen LogP contribution in [0.2, 0.25) is 0 Å². The number of rotatable bonds is 10. The number of hydrogen-bond acceptors (Lipinski definition) is 4. The maximum atomic E-state index is 12.8. The molecule has 8 nitrogen and oxygen atoms in total. The Morgan fingerprint density at radius 1 is 0.879 bits per heavy atom. The predicted octanol–water partition coefficient (Wildman–Crippen LogP) is 4.29. The minimum atomic E-state index is -4.56. The van der Waals surface area contributed by atoms with Gasteiger partial charge in [0.05, 0.1) is 5.56 Å². The van der Waals surface area contributed by atoms with E-state index in [1.807, 2.05) is 6.07 Å². The summed E-state index contributed by atoms with van der Waals surface area (Å²) in [5, 5.41) is 16.2. The van der Waals surface area contributed by atoms with Crippen molar-refractivity contribution in [3.05, 3.63) is 60.2 Å². The van der Waals surface area contributed by atoms with E-state index in [0.29, 0.717) is 24.9 Å². The molecule has 0 aliphatic heterocycles. The summed E-state index contributed by atoms with van der Waals surface area (Å²) >= 11 is 0. The zero-order valence-electron chi connectivity index (χ0n) is 17.6. The lowest BCUT2D eigenvalue weighted by atomic mass is 10.1. The number of benzene rings is 2. The summed E-state index contributed by atoms with van der Waals surface area (Å²) in [6, 6.07) is 11.0. The molecule has 2 aromatic rings. The standard InChI is InChI=1S/C22H25F3N4O4/c23-22(24,25)15-8-7-11-17(14-15)27-21(32)28-18(20(31)29-33)12-5-2-6-13-19(30)26-16-9-3-1-4-10-16/h1,3-4,7-11,14,18,33H,2,5-6,12-13H2,(H,26,30)(H,29,31)(H2,27,28,32)/t18-/m0/s1. The zero-order valence-corrected chi connectivity index (χ0v) is 17.6. The van der Waals surface area contributed by atoms with Crippen molar-refractivity contribution < 1.29 is 32.8 Å². The van der Waals surface area contributed by atoms with Crippen molar-refractivity contribution in [1.82, 2.24) is 10.8 Å². The van der Waals surface area contributed by atoms with Crippen LogP contribution in [0.3, 0.4) is 0 Å². The van der Waals surface area contributed by atoms with Gasteiger partial charge in [-0.15, -0.1) is 0 Å². The number of alkyl halides is 3. The van der Waals surface area contributed by atoms with E-state index in [1.165, 1.54) is 11.5 Å². The Morgan fingerprint density at radius 3 is 2.24 bits per heavy atom. The Kier molecular flexibility index (Phi) is 9.67. The number of carbonyl (C=O) groups excluding carboxylic acids is 3. The fraction of sp³-hybridized carbons (Fsp3) is 0.318. The highest BCUT2D eigenvalue weighted by Crippen LogP contribution is 2.30. The number of para-hydroxylation sites is 1. The third-order valence-electron chi connectivity index (χ3n) is 4.63. The zero-order chi connectivity index (χ0) is 24.3. The molecule has 0 radical (unpaired) electrons. The molecule has 178 valence electrons. The Hall–Kier alpha value is -3.60. The number of hydroxylamine groups is 1.